The highest BCUT2D eigenvalue weighted by molar-refractivity contribution is 6.28. The molecule has 3 amide bonds. The molecule has 1 heterocycles. The highest BCUT2D eigenvalue weighted by atomic mass is 16.5. The molecule has 1 fully saturated rings. The van der Waals surface area contributed by atoms with Crippen LogP contribution in [0.3, 0.4) is 0 Å². The van der Waals surface area contributed by atoms with Crippen LogP contribution in [0.4, 0.5) is 10.5 Å². The number of para-hydroxylation sites is 2. The largest absolute Gasteiger partial charge is 0.493 e. The van der Waals surface area contributed by atoms with E-state index < -0.39 is 17.9 Å². The zero-order chi connectivity index (χ0) is 23.4. The van der Waals surface area contributed by atoms with E-state index in [-0.39, 0.29) is 17.9 Å². The van der Waals surface area contributed by atoms with E-state index in [1.54, 1.807) is 60.7 Å². The van der Waals surface area contributed by atoms with E-state index in [4.69, 9.17) is 9.47 Å². The lowest BCUT2D eigenvalue weighted by molar-refractivity contribution is -0.113. The Bertz CT molecular complexity index is 1250. The number of anilines is 1. The summed E-state index contributed by atoms with van der Waals surface area (Å²) in [6.45, 7) is 0.0775. The molecule has 0 radical (unpaired) electrons. The highest BCUT2D eigenvalue weighted by Crippen LogP contribution is 2.34. The van der Waals surface area contributed by atoms with Crippen LogP contribution in [0, 0.1) is 0 Å². The molecule has 0 spiro atoms. The molecule has 1 aliphatic rings. The molecule has 0 bridgehead atoms. The van der Waals surface area contributed by atoms with Gasteiger partial charge in [0.25, 0.3) is 5.91 Å². The van der Waals surface area contributed by atoms with Gasteiger partial charge in [-0.05, 0) is 42.0 Å². The molecule has 8 heteroatoms. The van der Waals surface area contributed by atoms with Gasteiger partial charge in [0.15, 0.2) is 11.5 Å². The zero-order valence-corrected chi connectivity index (χ0v) is 17.6. The second-order valence-electron chi connectivity index (χ2n) is 7.14. The molecule has 3 aromatic carbocycles. The van der Waals surface area contributed by atoms with Crippen molar-refractivity contribution in [2.45, 2.75) is 6.61 Å². The van der Waals surface area contributed by atoms with Crippen LogP contribution < -0.4 is 19.7 Å². The zero-order valence-electron chi connectivity index (χ0n) is 17.6. The minimum atomic E-state index is -1.03. The lowest BCUT2D eigenvalue weighted by Gasteiger charge is -2.14. The molecule has 33 heavy (non-hydrogen) atoms. The molecule has 0 saturated carbocycles. The number of aromatic carboxylic acids is 1. The maximum absolute atomic E-state index is 12.9. The van der Waals surface area contributed by atoms with Crippen LogP contribution in [0.2, 0.25) is 0 Å². The number of carboxylic acids is 1. The monoisotopic (exact) mass is 444 g/mol. The van der Waals surface area contributed by atoms with Crippen LogP contribution in [-0.2, 0) is 11.4 Å². The van der Waals surface area contributed by atoms with Crippen molar-refractivity contribution in [1.29, 1.82) is 0 Å². The molecule has 0 unspecified atom stereocenters. The van der Waals surface area contributed by atoms with Crippen LogP contribution in [0.15, 0.2) is 78.5 Å². The van der Waals surface area contributed by atoms with Gasteiger partial charge in [-0.15, -0.1) is 0 Å². The average molecular weight is 444 g/mol. The Hall–Kier alpha value is -4.59. The number of urea groups is 1. The second kappa shape index (κ2) is 9.27. The highest BCUT2D eigenvalue weighted by Gasteiger charge is 2.35. The van der Waals surface area contributed by atoms with Crippen LogP contribution in [0.5, 0.6) is 11.5 Å². The Morgan fingerprint density at radius 2 is 1.79 bits per heavy atom. The average Bonchev–Trinajstić information content (AvgIpc) is 3.11. The summed E-state index contributed by atoms with van der Waals surface area (Å²) < 4.78 is 11.4. The van der Waals surface area contributed by atoms with Gasteiger partial charge in [0.2, 0.25) is 0 Å². The molecule has 166 valence electrons. The summed E-state index contributed by atoms with van der Waals surface area (Å²) in [5.74, 6) is -0.740. The van der Waals surface area contributed by atoms with Gasteiger partial charge in [-0.25, -0.2) is 14.5 Å². The molecule has 2 N–H and O–H groups in total. The van der Waals surface area contributed by atoms with Crippen molar-refractivity contribution in [3.8, 4) is 11.5 Å². The molecule has 1 aliphatic heterocycles. The molecule has 3 aromatic rings. The fourth-order valence-corrected chi connectivity index (χ4v) is 3.41. The number of hydrogen-bond donors (Lipinski definition) is 2. The van der Waals surface area contributed by atoms with E-state index in [1.165, 1.54) is 25.3 Å². The van der Waals surface area contributed by atoms with Crippen molar-refractivity contribution in [3.05, 3.63) is 95.2 Å². The summed E-state index contributed by atoms with van der Waals surface area (Å²) in [4.78, 5) is 37.6. The number of amides is 3. The van der Waals surface area contributed by atoms with E-state index in [9.17, 15) is 19.5 Å². The van der Waals surface area contributed by atoms with Crippen molar-refractivity contribution in [2.75, 3.05) is 12.0 Å². The van der Waals surface area contributed by atoms with Crippen molar-refractivity contribution in [2.24, 2.45) is 0 Å². The van der Waals surface area contributed by atoms with Gasteiger partial charge in [-0.1, -0.05) is 42.5 Å². The molecule has 0 atom stereocenters. The van der Waals surface area contributed by atoms with Crippen molar-refractivity contribution >= 4 is 29.7 Å². The fraction of sp³-hybridized carbons (Fsp3) is 0.0800. The number of carbonyl (C=O) groups is 3. The summed E-state index contributed by atoms with van der Waals surface area (Å²) in [5, 5.41) is 11.8. The summed E-state index contributed by atoms with van der Waals surface area (Å²) in [5.41, 5.74) is 1.87. The topological polar surface area (TPSA) is 105 Å². The Morgan fingerprint density at radius 1 is 1.03 bits per heavy atom. The summed E-state index contributed by atoms with van der Waals surface area (Å²) in [6, 6.07) is 19.6. The summed E-state index contributed by atoms with van der Waals surface area (Å²) in [6.07, 6.45) is 1.52. The minimum absolute atomic E-state index is 0.0775. The number of carboxylic acid groups (broad SMARTS) is 1. The third kappa shape index (κ3) is 4.54. The van der Waals surface area contributed by atoms with Gasteiger partial charge in [-0.3, -0.25) is 4.79 Å². The quantitative estimate of drug-likeness (QED) is 0.420. The van der Waals surface area contributed by atoms with Gasteiger partial charge in [0, 0.05) is 5.56 Å². The normalized spacial score (nSPS) is 14.3. The SMILES string of the molecule is COc1cccc(C=C2NC(=O)N(c3ccccc3)C2=O)c1OCc1cccc(C(=O)O)c1. The first-order chi connectivity index (χ1) is 16.0. The van der Waals surface area contributed by atoms with Crippen LogP contribution in [0.1, 0.15) is 21.5 Å². The number of benzene rings is 3. The van der Waals surface area contributed by atoms with Crippen molar-refractivity contribution in [1.82, 2.24) is 5.32 Å². The Kier molecular flexibility index (Phi) is 6.08. The lowest BCUT2D eigenvalue weighted by atomic mass is 10.1. The number of methoxy groups -OCH3 is 1. The third-order valence-electron chi connectivity index (χ3n) is 4.98. The third-order valence-corrected chi connectivity index (χ3v) is 4.98. The summed E-state index contributed by atoms with van der Waals surface area (Å²) >= 11 is 0. The standard InChI is InChI=1S/C25H20N2O6/c1-32-21-12-6-8-17(22(21)33-15-16-7-5-9-18(13-16)24(29)30)14-20-23(28)27(25(31)26-20)19-10-3-2-4-11-19/h2-14H,15H2,1H3,(H,26,31)(H,29,30). The predicted octanol–water partition coefficient (Wildman–Crippen LogP) is 4.07. The first-order valence-electron chi connectivity index (χ1n) is 10.0. The van der Waals surface area contributed by atoms with E-state index >= 15 is 0 Å². The van der Waals surface area contributed by atoms with E-state index in [0.717, 1.165) is 4.90 Å². The molecule has 8 nitrogen and oxygen atoms in total. The van der Waals surface area contributed by atoms with Crippen molar-refractivity contribution < 1.29 is 29.0 Å². The molecule has 0 aromatic heterocycles. The van der Waals surface area contributed by atoms with E-state index in [2.05, 4.69) is 5.32 Å². The predicted molar refractivity (Wildman–Crippen MR) is 121 cm³/mol. The first-order valence-corrected chi connectivity index (χ1v) is 10.0. The van der Waals surface area contributed by atoms with Gasteiger partial charge in [0.1, 0.15) is 12.3 Å². The molecule has 0 aliphatic carbocycles. The molecule has 4 rings (SSSR count). The molecule has 1 saturated heterocycles. The Labute approximate surface area is 189 Å². The van der Waals surface area contributed by atoms with E-state index in [1.807, 2.05) is 0 Å². The molecular weight excluding hydrogens is 424 g/mol. The van der Waals surface area contributed by atoms with Gasteiger partial charge in [0.05, 0.1) is 18.4 Å². The Morgan fingerprint density at radius 3 is 2.52 bits per heavy atom. The Balaban J connectivity index is 1.63. The summed E-state index contributed by atoms with van der Waals surface area (Å²) in [7, 11) is 1.49. The number of nitrogens with one attached hydrogen (secondary N) is 1. The van der Waals surface area contributed by atoms with Crippen LogP contribution in [0.25, 0.3) is 6.08 Å². The van der Waals surface area contributed by atoms with E-state index in [0.29, 0.717) is 28.3 Å². The van der Waals surface area contributed by atoms with Gasteiger partial charge >= 0.3 is 12.0 Å². The number of imide groups is 1. The number of hydrogen-bond acceptors (Lipinski definition) is 5. The second-order valence-corrected chi connectivity index (χ2v) is 7.14. The number of rotatable bonds is 7. The lowest BCUT2D eigenvalue weighted by Crippen LogP contribution is -2.30. The van der Waals surface area contributed by atoms with Crippen LogP contribution in [-0.4, -0.2) is 30.1 Å². The molecular formula is C25H20N2O6. The number of carbonyl (C=O) groups excluding carboxylic acids is 2. The van der Waals surface area contributed by atoms with Crippen molar-refractivity contribution in [3.63, 3.8) is 0 Å². The smallest absolute Gasteiger partial charge is 0.335 e. The first kappa shape index (κ1) is 21.6. The fourth-order valence-electron chi connectivity index (χ4n) is 3.41. The number of ether oxygens (including phenoxy) is 2. The van der Waals surface area contributed by atoms with Gasteiger partial charge < -0.3 is 19.9 Å². The minimum Gasteiger partial charge on any atom is -0.493 e. The maximum Gasteiger partial charge on any atom is 0.335 e. The maximum atomic E-state index is 12.9. The van der Waals surface area contributed by atoms with Crippen LogP contribution >= 0.6 is 0 Å². The van der Waals surface area contributed by atoms with Gasteiger partial charge in [-0.2, -0.15) is 0 Å². The number of nitrogens with zero attached hydrogens (tertiary/aromatic N) is 1.